The van der Waals surface area contributed by atoms with Crippen LogP contribution in [0, 0.1) is 5.82 Å². The van der Waals surface area contributed by atoms with Crippen LogP contribution in [0.25, 0.3) is 0 Å². The molecule has 3 rings (SSSR count). The van der Waals surface area contributed by atoms with Gasteiger partial charge >= 0.3 is 5.97 Å². The minimum Gasteiger partial charge on any atom is -0.468 e. The van der Waals surface area contributed by atoms with Gasteiger partial charge in [-0.1, -0.05) is 11.6 Å². The van der Waals surface area contributed by atoms with Crippen molar-refractivity contribution in [2.75, 3.05) is 37.4 Å². The summed E-state index contributed by atoms with van der Waals surface area (Å²) in [6.45, 7) is 2.00. The van der Waals surface area contributed by atoms with Crippen LogP contribution in [0.15, 0.2) is 36.5 Å². The van der Waals surface area contributed by atoms with Crippen molar-refractivity contribution in [1.82, 2.24) is 9.88 Å². The lowest BCUT2D eigenvalue weighted by Crippen LogP contribution is -2.41. The van der Waals surface area contributed by atoms with Crippen molar-refractivity contribution in [3.63, 3.8) is 0 Å². The van der Waals surface area contributed by atoms with E-state index in [1.807, 2.05) is 12.1 Å². The summed E-state index contributed by atoms with van der Waals surface area (Å²) < 4.78 is 18.0. The number of nitrogens with zero attached hydrogens (tertiary/aromatic N) is 2. The van der Waals surface area contributed by atoms with E-state index in [4.69, 9.17) is 16.3 Å². The molecule has 144 valence electrons. The van der Waals surface area contributed by atoms with Crippen molar-refractivity contribution in [1.29, 1.82) is 0 Å². The number of pyridine rings is 1. The fourth-order valence-corrected chi connectivity index (χ4v) is 3.20. The molecule has 2 heterocycles. The van der Waals surface area contributed by atoms with Gasteiger partial charge in [-0.05, 0) is 37.1 Å². The third-order valence-electron chi connectivity index (χ3n) is 4.49. The Morgan fingerprint density at radius 3 is 2.74 bits per heavy atom. The molecule has 0 aliphatic carbocycles. The van der Waals surface area contributed by atoms with Crippen LogP contribution >= 0.6 is 11.6 Å². The molecule has 1 fully saturated rings. The van der Waals surface area contributed by atoms with Crippen LogP contribution in [0.5, 0.6) is 0 Å². The highest BCUT2D eigenvalue weighted by Gasteiger charge is 2.21. The van der Waals surface area contributed by atoms with E-state index in [-0.39, 0.29) is 11.0 Å². The van der Waals surface area contributed by atoms with Gasteiger partial charge in [-0.3, -0.25) is 9.69 Å². The second kappa shape index (κ2) is 9.01. The van der Waals surface area contributed by atoms with Crippen molar-refractivity contribution in [3.8, 4) is 0 Å². The number of carbonyl (C=O) groups is 1. The zero-order valence-corrected chi connectivity index (χ0v) is 15.8. The minimum absolute atomic E-state index is 0.0751. The van der Waals surface area contributed by atoms with Gasteiger partial charge in [0.2, 0.25) is 0 Å². The van der Waals surface area contributed by atoms with Crippen LogP contribution < -0.4 is 10.6 Å². The number of nitrogens with one attached hydrogen (secondary N) is 2. The summed E-state index contributed by atoms with van der Waals surface area (Å²) in [7, 11) is 1.41. The van der Waals surface area contributed by atoms with E-state index >= 15 is 0 Å². The van der Waals surface area contributed by atoms with E-state index in [2.05, 4.69) is 20.5 Å². The van der Waals surface area contributed by atoms with Crippen LogP contribution in [0.1, 0.15) is 12.8 Å². The highest BCUT2D eigenvalue weighted by molar-refractivity contribution is 6.31. The predicted octanol–water partition coefficient (Wildman–Crippen LogP) is 3.67. The number of likely N-dealkylation sites (tertiary alicyclic amines) is 1. The van der Waals surface area contributed by atoms with Crippen molar-refractivity contribution in [3.05, 3.63) is 47.4 Å². The second-order valence-corrected chi connectivity index (χ2v) is 6.86. The fourth-order valence-electron chi connectivity index (χ4n) is 3.02. The number of methoxy groups -OCH3 is 1. The number of esters is 1. The van der Waals surface area contributed by atoms with Gasteiger partial charge in [-0.25, -0.2) is 9.37 Å². The standard InChI is InChI=1S/C19H22ClFN4O2/c1-27-19(26)12-25-8-5-13(6-9-25)24-18-11-15(4-7-22-18)23-14-2-3-17(21)16(20)10-14/h2-4,7,10-11,13H,5-6,8-9,12H2,1H3,(H2,22,23,24). The molecule has 0 radical (unpaired) electrons. The third-order valence-corrected chi connectivity index (χ3v) is 4.78. The van der Waals surface area contributed by atoms with Crippen LogP contribution in [0.4, 0.5) is 21.6 Å². The summed E-state index contributed by atoms with van der Waals surface area (Å²) in [5.41, 5.74) is 1.54. The average molecular weight is 393 g/mol. The second-order valence-electron chi connectivity index (χ2n) is 6.45. The molecule has 2 N–H and O–H groups in total. The minimum atomic E-state index is -0.446. The highest BCUT2D eigenvalue weighted by atomic mass is 35.5. The molecular formula is C19H22ClFN4O2. The fraction of sp³-hybridized carbons (Fsp3) is 0.368. The number of anilines is 3. The lowest BCUT2D eigenvalue weighted by molar-refractivity contribution is -0.142. The molecule has 2 aromatic rings. The number of halogens is 2. The summed E-state index contributed by atoms with van der Waals surface area (Å²) in [5, 5.41) is 6.70. The zero-order valence-electron chi connectivity index (χ0n) is 15.0. The van der Waals surface area contributed by atoms with Gasteiger partial charge < -0.3 is 15.4 Å². The first-order valence-electron chi connectivity index (χ1n) is 8.77. The number of rotatable bonds is 6. The predicted molar refractivity (Wildman–Crippen MR) is 104 cm³/mol. The van der Waals surface area contributed by atoms with Crippen molar-refractivity contribution >= 4 is 34.8 Å². The molecule has 1 saturated heterocycles. The van der Waals surface area contributed by atoms with Crippen LogP contribution in [0.3, 0.4) is 0 Å². The molecule has 0 spiro atoms. The highest BCUT2D eigenvalue weighted by Crippen LogP contribution is 2.24. The first-order valence-corrected chi connectivity index (χ1v) is 9.15. The lowest BCUT2D eigenvalue weighted by atomic mass is 10.1. The van der Waals surface area contributed by atoms with E-state index in [1.54, 1.807) is 18.3 Å². The maximum absolute atomic E-state index is 13.3. The van der Waals surface area contributed by atoms with E-state index < -0.39 is 5.82 Å². The molecule has 0 unspecified atom stereocenters. The summed E-state index contributed by atoms with van der Waals surface area (Å²) in [4.78, 5) is 17.8. The topological polar surface area (TPSA) is 66.5 Å². The Kier molecular flexibility index (Phi) is 6.47. The molecule has 1 aliphatic rings. The van der Waals surface area contributed by atoms with Gasteiger partial charge in [0.25, 0.3) is 0 Å². The monoisotopic (exact) mass is 392 g/mol. The Morgan fingerprint density at radius 1 is 1.30 bits per heavy atom. The van der Waals surface area contributed by atoms with Gasteiger partial charge in [-0.15, -0.1) is 0 Å². The van der Waals surface area contributed by atoms with Crippen LogP contribution in [-0.2, 0) is 9.53 Å². The number of hydrogen-bond acceptors (Lipinski definition) is 6. The Balaban J connectivity index is 1.55. The molecule has 1 aromatic heterocycles. The van der Waals surface area contributed by atoms with Gasteiger partial charge in [0.05, 0.1) is 18.7 Å². The Bertz CT molecular complexity index is 797. The maximum atomic E-state index is 13.3. The largest absolute Gasteiger partial charge is 0.468 e. The molecule has 1 aromatic carbocycles. The maximum Gasteiger partial charge on any atom is 0.319 e. The summed E-state index contributed by atoms with van der Waals surface area (Å²) >= 11 is 5.82. The number of aromatic nitrogens is 1. The molecule has 6 nitrogen and oxygen atoms in total. The number of benzene rings is 1. The Hall–Kier alpha value is -2.38. The van der Waals surface area contributed by atoms with Gasteiger partial charge in [-0.2, -0.15) is 0 Å². The molecule has 27 heavy (non-hydrogen) atoms. The number of piperidine rings is 1. The van der Waals surface area contributed by atoms with Gasteiger partial charge in [0.1, 0.15) is 11.6 Å². The molecule has 0 bridgehead atoms. The number of hydrogen-bond donors (Lipinski definition) is 2. The van der Waals surface area contributed by atoms with Crippen LogP contribution in [-0.4, -0.2) is 48.6 Å². The van der Waals surface area contributed by atoms with Gasteiger partial charge in [0.15, 0.2) is 0 Å². The lowest BCUT2D eigenvalue weighted by Gasteiger charge is -2.31. The van der Waals surface area contributed by atoms with E-state index in [0.717, 1.165) is 37.4 Å². The normalized spacial score (nSPS) is 15.4. The SMILES string of the molecule is COC(=O)CN1CCC(Nc2cc(Nc3ccc(F)c(Cl)c3)ccn2)CC1. The molecule has 0 atom stereocenters. The van der Waals surface area contributed by atoms with Crippen LogP contribution in [0.2, 0.25) is 5.02 Å². The summed E-state index contributed by atoms with van der Waals surface area (Å²) in [6, 6.07) is 8.53. The smallest absolute Gasteiger partial charge is 0.319 e. The van der Waals surface area contributed by atoms with Crippen molar-refractivity contribution < 1.29 is 13.9 Å². The quantitative estimate of drug-likeness (QED) is 0.731. The van der Waals surface area contributed by atoms with E-state index in [9.17, 15) is 9.18 Å². The Labute approximate surface area is 162 Å². The Morgan fingerprint density at radius 2 is 2.04 bits per heavy atom. The molecule has 0 saturated carbocycles. The number of ether oxygens (including phenoxy) is 1. The first-order chi connectivity index (χ1) is 13.0. The number of carbonyl (C=O) groups excluding carboxylic acids is 1. The first kappa shape index (κ1) is 19.4. The molecule has 1 aliphatic heterocycles. The van der Waals surface area contributed by atoms with Crippen molar-refractivity contribution in [2.45, 2.75) is 18.9 Å². The molecule has 0 amide bonds. The molecular weight excluding hydrogens is 371 g/mol. The average Bonchev–Trinajstić information content (AvgIpc) is 2.66. The third kappa shape index (κ3) is 5.55. The molecule has 8 heteroatoms. The van der Waals surface area contributed by atoms with E-state index in [1.165, 1.54) is 13.2 Å². The zero-order chi connectivity index (χ0) is 19.2. The summed E-state index contributed by atoms with van der Waals surface area (Å²) in [5.74, 6) is 0.111. The summed E-state index contributed by atoms with van der Waals surface area (Å²) in [6.07, 6.45) is 3.55. The van der Waals surface area contributed by atoms with Crippen molar-refractivity contribution in [2.24, 2.45) is 0 Å². The van der Waals surface area contributed by atoms with E-state index in [0.29, 0.717) is 18.3 Å². The van der Waals surface area contributed by atoms with Gasteiger partial charge in [0, 0.05) is 42.8 Å².